The minimum absolute atomic E-state index is 0.175. The first-order valence-electron chi connectivity index (χ1n) is 7.97. The number of aliphatic hydroxyl groups is 1. The summed E-state index contributed by atoms with van der Waals surface area (Å²) in [7, 11) is 0. The van der Waals surface area contributed by atoms with Gasteiger partial charge in [-0.15, -0.1) is 0 Å². The molecule has 0 bridgehead atoms. The molecule has 0 radical (unpaired) electrons. The fourth-order valence-corrected chi connectivity index (χ4v) is 3.24. The van der Waals surface area contributed by atoms with Crippen molar-refractivity contribution >= 4 is 5.91 Å². The lowest BCUT2D eigenvalue weighted by molar-refractivity contribution is -0.140. The molecular formula is C18H27NO2. The number of carbonyl (C=O) groups excluding carboxylic acids is 1. The predicted octanol–water partition coefficient (Wildman–Crippen LogP) is 3.12. The third-order valence-electron chi connectivity index (χ3n) is 4.53. The molecule has 1 heterocycles. The Labute approximate surface area is 128 Å². The second-order valence-corrected chi connectivity index (χ2v) is 6.72. The van der Waals surface area contributed by atoms with Crippen LogP contribution in [0.15, 0.2) is 30.3 Å². The van der Waals surface area contributed by atoms with E-state index in [1.54, 1.807) is 6.92 Å². The maximum absolute atomic E-state index is 13.1. The van der Waals surface area contributed by atoms with E-state index in [-0.39, 0.29) is 18.1 Å². The van der Waals surface area contributed by atoms with E-state index in [1.165, 1.54) is 0 Å². The van der Waals surface area contributed by atoms with Gasteiger partial charge in [0, 0.05) is 12.6 Å². The Morgan fingerprint density at radius 3 is 2.62 bits per heavy atom. The summed E-state index contributed by atoms with van der Waals surface area (Å²) in [5.74, 6) is 0.180. The van der Waals surface area contributed by atoms with Crippen molar-refractivity contribution in [3.8, 4) is 0 Å². The Morgan fingerprint density at radius 1 is 1.33 bits per heavy atom. The number of piperidine rings is 1. The van der Waals surface area contributed by atoms with E-state index in [2.05, 4.69) is 0 Å². The van der Waals surface area contributed by atoms with Crippen LogP contribution in [0.1, 0.15) is 52.0 Å². The number of likely N-dealkylation sites (tertiary alicyclic amines) is 1. The minimum atomic E-state index is -0.518. The average molecular weight is 289 g/mol. The highest BCUT2D eigenvalue weighted by molar-refractivity contribution is 5.87. The number of benzene rings is 1. The zero-order valence-corrected chi connectivity index (χ0v) is 13.4. The Bertz CT molecular complexity index is 467. The Balaban J connectivity index is 2.20. The molecule has 0 aromatic heterocycles. The smallest absolute Gasteiger partial charge is 0.232 e. The van der Waals surface area contributed by atoms with E-state index in [1.807, 2.05) is 49.1 Å². The molecule has 1 aliphatic rings. The largest absolute Gasteiger partial charge is 0.393 e. The first kappa shape index (κ1) is 16.0. The van der Waals surface area contributed by atoms with Crippen molar-refractivity contribution in [3.05, 3.63) is 35.9 Å². The van der Waals surface area contributed by atoms with Gasteiger partial charge < -0.3 is 10.0 Å². The summed E-state index contributed by atoms with van der Waals surface area (Å²) in [6, 6.07) is 10.1. The molecule has 1 aromatic rings. The molecule has 2 atom stereocenters. The third kappa shape index (κ3) is 3.65. The summed E-state index contributed by atoms with van der Waals surface area (Å²) < 4.78 is 0. The molecule has 1 aliphatic heterocycles. The summed E-state index contributed by atoms with van der Waals surface area (Å²) in [5, 5.41) is 9.69. The molecular weight excluding hydrogens is 262 g/mol. The number of amides is 1. The van der Waals surface area contributed by atoms with Crippen LogP contribution in [0.25, 0.3) is 0 Å². The zero-order valence-electron chi connectivity index (χ0n) is 13.4. The second-order valence-electron chi connectivity index (χ2n) is 6.72. The molecule has 0 saturated carbocycles. The number of aliphatic hydroxyl groups excluding tert-OH is 1. The van der Waals surface area contributed by atoms with Crippen LogP contribution >= 0.6 is 0 Å². The van der Waals surface area contributed by atoms with Gasteiger partial charge in [0.15, 0.2) is 0 Å². The fraction of sp³-hybridized carbons (Fsp3) is 0.611. The lowest BCUT2D eigenvalue weighted by atomic mass is 9.81. The van der Waals surface area contributed by atoms with Gasteiger partial charge in [0.25, 0.3) is 0 Å². The average Bonchev–Trinajstić information content (AvgIpc) is 2.47. The molecule has 3 nitrogen and oxygen atoms in total. The highest BCUT2D eigenvalue weighted by Gasteiger charge is 2.37. The van der Waals surface area contributed by atoms with Crippen LogP contribution in [0.4, 0.5) is 0 Å². The first-order chi connectivity index (χ1) is 9.93. The van der Waals surface area contributed by atoms with Gasteiger partial charge in [-0.3, -0.25) is 4.79 Å². The van der Waals surface area contributed by atoms with Crippen LogP contribution in [-0.4, -0.2) is 34.6 Å². The predicted molar refractivity (Wildman–Crippen MR) is 85.1 cm³/mol. The van der Waals surface area contributed by atoms with Crippen LogP contribution < -0.4 is 0 Å². The molecule has 2 unspecified atom stereocenters. The van der Waals surface area contributed by atoms with Gasteiger partial charge in [0.1, 0.15) is 0 Å². The van der Waals surface area contributed by atoms with E-state index >= 15 is 0 Å². The molecule has 0 spiro atoms. The van der Waals surface area contributed by atoms with Crippen LogP contribution in [0.3, 0.4) is 0 Å². The van der Waals surface area contributed by atoms with Crippen molar-refractivity contribution in [2.45, 2.75) is 64.0 Å². The van der Waals surface area contributed by atoms with Gasteiger partial charge in [-0.25, -0.2) is 0 Å². The van der Waals surface area contributed by atoms with Crippen molar-refractivity contribution in [1.82, 2.24) is 4.90 Å². The van der Waals surface area contributed by atoms with E-state index in [4.69, 9.17) is 0 Å². The second kappa shape index (κ2) is 6.61. The van der Waals surface area contributed by atoms with Crippen molar-refractivity contribution in [3.63, 3.8) is 0 Å². The zero-order chi connectivity index (χ0) is 15.5. The standard InChI is InChI=1S/C18H27NO2/c1-14(20)13-16-11-7-8-12-19(16)17(21)18(2,3)15-9-5-4-6-10-15/h4-6,9-10,14,16,20H,7-8,11-13H2,1-3H3. The van der Waals surface area contributed by atoms with Crippen molar-refractivity contribution in [1.29, 1.82) is 0 Å². The highest BCUT2D eigenvalue weighted by atomic mass is 16.3. The molecule has 1 saturated heterocycles. The van der Waals surface area contributed by atoms with Gasteiger partial charge in [-0.05, 0) is 52.0 Å². The minimum Gasteiger partial charge on any atom is -0.393 e. The molecule has 0 aliphatic carbocycles. The van der Waals surface area contributed by atoms with Crippen LogP contribution in [0.2, 0.25) is 0 Å². The molecule has 3 heteroatoms. The van der Waals surface area contributed by atoms with Crippen LogP contribution in [0.5, 0.6) is 0 Å². The summed E-state index contributed by atoms with van der Waals surface area (Å²) in [4.78, 5) is 15.1. The van der Waals surface area contributed by atoms with Crippen LogP contribution in [-0.2, 0) is 10.2 Å². The number of carbonyl (C=O) groups is 1. The Morgan fingerprint density at radius 2 is 2.00 bits per heavy atom. The fourth-order valence-electron chi connectivity index (χ4n) is 3.24. The van der Waals surface area contributed by atoms with Gasteiger partial charge in [-0.2, -0.15) is 0 Å². The number of hydrogen-bond donors (Lipinski definition) is 1. The van der Waals surface area contributed by atoms with Gasteiger partial charge in [-0.1, -0.05) is 30.3 Å². The van der Waals surface area contributed by atoms with Gasteiger partial charge in [0.05, 0.1) is 11.5 Å². The normalized spacial score (nSPS) is 21.1. The molecule has 2 rings (SSSR count). The summed E-state index contributed by atoms with van der Waals surface area (Å²) in [5.41, 5.74) is 0.534. The third-order valence-corrected chi connectivity index (χ3v) is 4.53. The summed E-state index contributed by atoms with van der Waals surface area (Å²) >= 11 is 0. The maximum Gasteiger partial charge on any atom is 0.232 e. The Hall–Kier alpha value is -1.35. The molecule has 1 N–H and O–H groups in total. The maximum atomic E-state index is 13.1. The number of nitrogens with zero attached hydrogens (tertiary/aromatic N) is 1. The van der Waals surface area contributed by atoms with Crippen molar-refractivity contribution < 1.29 is 9.90 Å². The van der Waals surface area contributed by atoms with E-state index in [0.717, 1.165) is 31.4 Å². The van der Waals surface area contributed by atoms with E-state index in [0.29, 0.717) is 6.42 Å². The van der Waals surface area contributed by atoms with Crippen molar-refractivity contribution in [2.24, 2.45) is 0 Å². The quantitative estimate of drug-likeness (QED) is 0.925. The van der Waals surface area contributed by atoms with Crippen LogP contribution in [0, 0.1) is 0 Å². The summed E-state index contributed by atoms with van der Waals surface area (Å²) in [6.07, 6.45) is 3.53. The monoisotopic (exact) mass is 289 g/mol. The number of rotatable bonds is 4. The summed E-state index contributed by atoms with van der Waals surface area (Å²) in [6.45, 7) is 6.61. The van der Waals surface area contributed by atoms with Gasteiger partial charge in [0.2, 0.25) is 5.91 Å². The molecule has 21 heavy (non-hydrogen) atoms. The number of hydrogen-bond acceptors (Lipinski definition) is 2. The molecule has 1 aromatic carbocycles. The lowest BCUT2D eigenvalue weighted by Crippen LogP contribution is -2.51. The first-order valence-corrected chi connectivity index (χ1v) is 7.97. The van der Waals surface area contributed by atoms with E-state index in [9.17, 15) is 9.90 Å². The van der Waals surface area contributed by atoms with Crippen molar-refractivity contribution in [2.75, 3.05) is 6.54 Å². The van der Waals surface area contributed by atoms with Gasteiger partial charge >= 0.3 is 0 Å². The Kier molecular flexibility index (Phi) is 5.04. The molecule has 1 amide bonds. The molecule has 1 fully saturated rings. The van der Waals surface area contributed by atoms with E-state index < -0.39 is 5.41 Å². The SMILES string of the molecule is CC(O)CC1CCCCN1C(=O)C(C)(C)c1ccccc1. The molecule has 116 valence electrons. The highest BCUT2D eigenvalue weighted by Crippen LogP contribution is 2.30. The topological polar surface area (TPSA) is 40.5 Å². The lowest BCUT2D eigenvalue weighted by Gasteiger charge is -2.41.